The zero-order chi connectivity index (χ0) is 24.3. The standard InChI is InChI=1S/C24H28ClN5O4/c1-24(2)13-21(31)30(22(32)14-24)8-7-17-3-6-20(27-15-17)34-23(33)29-11-9-28(10-12-29)19-5-4-18(25)16-26-19/h3-6,15-16H,7-14H2,1-2H3. The van der Waals surface area contributed by atoms with Gasteiger partial charge >= 0.3 is 6.09 Å². The highest BCUT2D eigenvalue weighted by Crippen LogP contribution is 2.31. The van der Waals surface area contributed by atoms with E-state index in [-0.39, 0.29) is 23.1 Å². The number of halogens is 1. The summed E-state index contributed by atoms with van der Waals surface area (Å²) in [5, 5.41) is 0.585. The van der Waals surface area contributed by atoms with Crippen molar-refractivity contribution in [1.82, 2.24) is 19.8 Å². The Bertz CT molecular complexity index is 1030. The maximum atomic E-state index is 12.5. The van der Waals surface area contributed by atoms with Crippen LogP contribution in [0.5, 0.6) is 5.88 Å². The van der Waals surface area contributed by atoms with Gasteiger partial charge in [0.2, 0.25) is 17.7 Å². The summed E-state index contributed by atoms with van der Waals surface area (Å²) in [6, 6.07) is 7.08. The molecule has 4 heterocycles. The number of nitrogens with zero attached hydrogens (tertiary/aromatic N) is 5. The van der Waals surface area contributed by atoms with E-state index in [1.54, 1.807) is 35.5 Å². The first kappa shape index (κ1) is 23.9. The topological polar surface area (TPSA) is 95.9 Å². The van der Waals surface area contributed by atoms with E-state index in [2.05, 4.69) is 14.9 Å². The minimum atomic E-state index is -0.448. The van der Waals surface area contributed by atoms with Gasteiger partial charge in [0.15, 0.2) is 0 Å². The van der Waals surface area contributed by atoms with Crippen molar-refractivity contribution in [3.8, 4) is 5.88 Å². The van der Waals surface area contributed by atoms with Crippen LogP contribution in [0.2, 0.25) is 5.02 Å². The Morgan fingerprint density at radius 3 is 2.29 bits per heavy atom. The second-order valence-corrected chi connectivity index (χ2v) is 9.82. The Labute approximate surface area is 203 Å². The largest absolute Gasteiger partial charge is 0.416 e. The van der Waals surface area contributed by atoms with Crippen LogP contribution in [0.3, 0.4) is 0 Å². The van der Waals surface area contributed by atoms with Crippen LogP contribution in [0, 0.1) is 5.41 Å². The number of amides is 3. The highest BCUT2D eigenvalue weighted by atomic mass is 35.5. The molecule has 2 saturated heterocycles. The van der Waals surface area contributed by atoms with Gasteiger partial charge in [-0.25, -0.2) is 14.8 Å². The Balaban J connectivity index is 1.24. The van der Waals surface area contributed by atoms with Gasteiger partial charge in [-0.1, -0.05) is 31.5 Å². The lowest BCUT2D eigenvalue weighted by atomic mass is 9.81. The fraction of sp³-hybridized carbons (Fsp3) is 0.458. The van der Waals surface area contributed by atoms with Crippen LogP contribution in [-0.2, 0) is 16.0 Å². The van der Waals surface area contributed by atoms with Gasteiger partial charge in [-0.05, 0) is 29.5 Å². The van der Waals surface area contributed by atoms with Gasteiger partial charge in [0.05, 0.1) is 5.02 Å². The molecule has 0 N–H and O–H groups in total. The molecule has 4 rings (SSSR count). The number of hydrogen-bond donors (Lipinski definition) is 0. The number of likely N-dealkylation sites (tertiary alicyclic amines) is 1. The second-order valence-electron chi connectivity index (χ2n) is 9.39. The van der Waals surface area contributed by atoms with Gasteiger partial charge in [0, 0.05) is 64.0 Å². The molecule has 0 saturated carbocycles. The molecule has 0 radical (unpaired) electrons. The summed E-state index contributed by atoms with van der Waals surface area (Å²) >= 11 is 5.89. The fourth-order valence-corrected chi connectivity index (χ4v) is 4.26. The molecule has 180 valence electrons. The van der Waals surface area contributed by atoms with E-state index in [9.17, 15) is 14.4 Å². The van der Waals surface area contributed by atoms with Crippen molar-refractivity contribution in [2.24, 2.45) is 5.41 Å². The van der Waals surface area contributed by atoms with Crippen molar-refractivity contribution in [3.05, 3.63) is 47.2 Å². The van der Waals surface area contributed by atoms with Crippen molar-refractivity contribution in [3.63, 3.8) is 0 Å². The Kier molecular flexibility index (Phi) is 7.02. The van der Waals surface area contributed by atoms with Gasteiger partial charge in [-0.3, -0.25) is 14.5 Å². The van der Waals surface area contributed by atoms with E-state index in [1.165, 1.54) is 4.90 Å². The normalized spacial score (nSPS) is 18.3. The van der Waals surface area contributed by atoms with Crippen LogP contribution in [-0.4, -0.2) is 70.4 Å². The average molecular weight is 486 g/mol. The first-order valence-corrected chi connectivity index (χ1v) is 11.7. The molecule has 2 fully saturated rings. The minimum Gasteiger partial charge on any atom is -0.391 e. The lowest BCUT2D eigenvalue weighted by Gasteiger charge is -2.34. The zero-order valence-electron chi connectivity index (χ0n) is 19.4. The molecule has 0 bridgehead atoms. The third-order valence-corrected chi connectivity index (χ3v) is 6.27. The summed E-state index contributed by atoms with van der Waals surface area (Å²) in [5.41, 5.74) is 0.575. The average Bonchev–Trinajstić information content (AvgIpc) is 2.79. The third-order valence-electron chi connectivity index (χ3n) is 6.05. The Hall–Kier alpha value is -3.20. The minimum absolute atomic E-state index is 0.133. The van der Waals surface area contributed by atoms with Crippen LogP contribution in [0.4, 0.5) is 10.6 Å². The molecule has 10 heteroatoms. The van der Waals surface area contributed by atoms with Crippen LogP contribution in [0.1, 0.15) is 32.3 Å². The lowest BCUT2D eigenvalue weighted by Crippen LogP contribution is -2.49. The Morgan fingerprint density at radius 1 is 1.00 bits per heavy atom. The first-order valence-electron chi connectivity index (χ1n) is 11.3. The first-order chi connectivity index (χ1) is 16.2. The van der Waals surface area contributed by atoms with Crippen molar-refractivity contribution in [2.45, 2.75) is 33.1 Å². The summed E-state index contributed by atoms with van der Waals surface area (Å²) in [6.07, 6.45) is 4.01. The number of anilines is 1. The molecule has 34 heavy (non-hydrogen) atoms. The highest BCUT2D eigenvalue weighted by Gasteiger charge is 2.37. The number of carbonyl (C=O) groups is 3. The highest BCUT2D eigenvalue weighted by molar-refractivity contribution is 6.30. The van der Waals surface area contributed by atoms with E-state index in [1.807, 2.05) is 19.9 Å². The number of imide groups is 1. The predicted octanol–water partition coefficient (Wildman–Crippen LogP) is 3.17. The fourth-order valence-electron chi connectivity index (χ4n) is 4.15. The number of piperazine rings is 1. The van der Waals surface area contributed by atoms with Crippen LogP contribution < -0.4 is 9.64 Å². The summed E-state index contributed by atoms with van der Waals surface area (Å²) < 4.78 is 5.42. The van der Waals surface area contributed by atoms with E-state index < -0.39 is 6.09 Å². The molecule has 0 atom stereocenters. The number of piperidine rings is 1. The number of carbonyl (C=O) groups excluding carboxylic acids is 3. The predicted molar refractivity (Wildman–Crippen MR) is 127 cm³/mol. The van der Waals surface area contributed by atoms with Crippen LogP contribution in [0.15, 0.2) is 36.7 Å². The zero-order valence-corrected chi connectivity index (χ0v) is 20.1. The lowest BCUT2D eigenvalue weighted by molar-refractivity contribution is -0.152. The van der Waals surface area contributed by atoms with Crippen molar-refractivity contribution in [2.75, 3.05) is 37.6 Å². The molecule has 2 aliphatic rings. The molecule has 9 nitrogen and oxygen atoms in total. The molecule has 3 amide bonds. The van der Waals surface area contributed by atoms with Crippen molar-refractivity contribution < 1.29 is 19.1 Å². The van der Waals surface area contributed by atoms with E-state index in [0.29, 0.717) is 57.0 Å². The van der Waals surface area contributed by atoms with E-state index in [0.717, 1.165) is 11.4 Å². The molecular weight excluding hydrogens is 458 g/mol. The number of hydrogen-bond acceptors (Lipinski definition) is 7. The maximum Gasteiger partial charge on any atom is 0.416 e. The summed E-state index contributed by atoms with van der Waals surface area (Å²) in [7, 11) is 0. The van der Waals surface area contributed by atoms with Gasteiger partial charge < -0.3 is 14.5 Å². The SMILES string of the molecule is CC1(C)CC(=O)N(CCc2ccc(OC(=O)N3CCN(c4ccc(Cl)cn4)CC3)nc2)C(=O)C1. The van der Waals surface area contributed by atoms with Gasteiger partial charge in [-0.15, -0.1) is 0 Å². The van der Waals surface area contributed by atoms with Gasteiger partial charge in [-0.2, -0.15) is 0 Å². The van der Waals surface area contributed by atoms with Gasteiger partial charge in [0.25, 0.3) is 0 Å². The molecule has 2 aromatic heterocycles. The molecule has 0 spiro atoms. The number of ether oxygens (including phenoxy) is 1. The quantitative estimate of drug-likeness (QED) is 0.600. The smallest absolute Gasteiger partial charge is 0.391 e. The number of aromatic nitrogens is 2. The number of rotatable bonds is 5. The van der Waals surface area contributed by atoms with Crippen LogP contribution >= 0.6 is 11.6 Å². The second kappa shape index (κ2) is 9.97. The van der Waals surface area contributed by atoms with Crippen molar-refractivity contribution >= 4 is 35.3 Å². The Morgan fingerprint density at radius 2 is 1.71 bits per heavy atom. The molecular formula is C24H28ClN5O4. The molecule has 0 aliphatic carbocycles. The summed E-state index contributed by atoms with van der Waals surface area (Å²) in [5.74, 6) is 0.771. The maximum absolute atomic E-state index is 12.5. The van der Waals surface area contributed by atoms with E-state index >= 15 is 0 Å². The molecule has 0 aromatic carbocycles. The molecule has 2 aromatic rings. The van der Waals surface area contributed by atoms with Crippen LogP contribution in [0.25, 0.3) is 0 Å². The number of pyridine rings is 2. The summed E-state index contributed by atoms with van der Waals surface area (Å²) in [6.45, 7) is 6.48. The monoisotopic (exact) mass is 485 g/mol. The molecule has 2 aliphatic heterocycles. The molecule has 0 unspecified atom stereocenters. The van der Waals surface area contributed by atoms with Crippen molar-refractivity contribution in [1.29, 1.82) is 0 Å². The van der Waals surface area contributed by atoms with E-state index in [4.69, 9.17) is 16.3 Å². The summed E-state index contributed by atoms with van der Waals surface area (Å²) in [4.78, 5) is 50.7. The third kappa shape index (κ3) is 5.83. The van der Waals surface area contributed by atoms with Gasteiger partial charge in [0.1, 0.15) is 5.82 Å².